The Hall–Kier alpha value is -1.67. The van der Waals surface area contributed by atoms with Crippen LogP contribution in [-0.2, 0) is 17.4 Å². The molecule has 4 N–H and O–H groups in total. The summed E-state index contributed by atoms with van der Waals surface area (Å²) in [6.45, 7) is 11.6. The number of anilines is 1. The van der Waals surface area contributed by atoms with E-state index in [-0.39, 0.29) is 11.6 Å². The van der Waals surface area contributed by atoms with E-state index in [4.69, 9.17) is 15.3 Å². The molecule has 8 heteroatoms. The van der Waals surface area contributed by atoms with Crippen molar-refractivity contribution in [2.45, 2.75) is 51.9 Å². The number of nitrogen functional groups attached to an aromatic ring is 1. The molecule has 1 aromatic heterocycles. The van der Waals surface area contributed by atoms with Crippen LogP contribution in [0.5, 0.6) is 0 Å². The van der Waals surface area contributed by atoms with Gasteiger partial charge in [-0.3, -0.25) is 0 Å². The first-order valence-corrected chi connectivity index (χ1v) is 10.1. The molecule has 0 saturated carbocycles. The van der Waals surface area contributed by atoms with Gasteiger partial charge in [-0.1, -0.05) is 20.8 Å². The second kappa shape index (κ2) is 7.06. The van der Waals surface area contributed by atoms with Gasteiger partial charge in [0.1, 0.15) is 11.6 Å². The molecule has 0 unspecified atom stereocenters. The number of carboxylic acid groups (broad SMARTS) is 1. The van der Waals surface area contributed by atoms with Gasteiger partial charge in [0.05, 0.1) is 6.54 Å². The van der Waals surface area contributed by atoms with Crippen molar-refractivity contribution < 1.29 is 14.3 Å². The summed E-state index contributed by atoms with van der Waals surface area (Å²) in [6.07, 6.45) is 1.04. The number of nitrogens with zero attached hydrogens (tertiary/aromatic N) is 2. The summed E-state index contributed by atoms with van der Waals surface area (Å²) < 4.78 is 6.07. The van der Waals surface area contributed by atoms with Crippen molar-refractivity contribution in [1.29, 1.82) is 0 Å². The molecule has 0 aliphatic heterocycles. The van der Waals surface area contributed by atoms with E-state index in [1.165, 1.54) is 0 Å². The maximum absolute atomic E-state index is 10.5. The molecule has 0 bridgehead atoms. The molecule has 1 heterocycles. The third-order valence-electron chi connectivity index (χ3n) is 3.97. The van der Waals surface area contributed by atoms with E-state index in [1.807, 2.05) is 0 Å². The zero-order valence-electron chi connectivity index (χ0n) is 13.9. The van der Waals surface area contributed by atoms with Crippen LogP contribution in [0.25, 0.3) is 0 Å². The van der Waals surface area contributed by atoms with Crippen LogP contribution >= 0.6 is 0 Å². The largest absolute Gasteiger partial charge is 0.465 e. The molecular formula is C14H26N4O3Si. The third kappa shape index (κ3) is 5.27. The third-order valence-corrected chi connectivity index (χ3v) is 8.51. The minimum absolute atomic E-state index is 0.0991. The van der Waals surface area contributed by atoms with Crippen LogP contribution in [0.15, 0.2) is 6.20 Å². The van der Waals surface area contributed by atoms with Crippen molar-refractivity contribution in [2.24, 2.45) is 0 Å². The second-order valence-corrected chi connectivity index (χ2v) is 11.5. The monoisotopic (exact) mass is 326 g/mol. The van der Waals surface area contributed by atoms with Crippen LogP contribution in [0.2, 0.25) is 18.1 Å². The van der Waals surface area contributed by atoms with E-state index >= 15 is 0 Å². The smallest absolute Gasteiger partial charge is 0.404 e. The molecule has 0 aromatic carbocycles. The van der Waals surface area contributed by atoms with Crippen LogP contribution in [0.1, 0.15) is 32.2 Å². The van der Waals surface area contributed by atoms with Gasteiger partial charge in [-0.15, -0.1) is 0 Å². The Balaban J connectivity index is 2.58. The summed E-state index contributed by atoms with van der Waals surface area (Å²) in [7, 11) is -1.77. The Morgan fingerprint density at radius 3 is 2.59 bits per heavy atom. The molecule has 0 fully saturated rings. The van der Waals surface area contributed by atoms with E-state index < -0.39 is 14.4 Å². The SMILES string of the molecule is CC(C)(C)[Si](C)(C)OCCc1ncc(CNC(=O)O)c(N)n1. The molecule has 0 saturated heterocycles. The van der Waals surface area contributed by atoms with Gasteiger partial charge in [0, 0.05) is 24.8 Å². The van der Waals surface area contributed by atoms with E-state index in [1.54, 1.807) is 6.20 Å². The first kappa shape index (κ1) is 18.4. The summed E-state index contributed by atoms with van der Waals surface area (Å²) in [5.74, 6) is 0.904. The van der Waals surface area contributed by atoms with Crippen molar-refractivity contribution in [3.63, 3.8) is 0 Å². The molecule has 0 aliphatic carbocycles. The fourth-order valence-electron chi connectivity index (χ4n) is 1.50. The molecule has 0 atom stereocenters. The zero-order chi connectivity index (χ0) is 17.0. The number of nitrogens with one attached hydrogen (secondary N) is 1. The highest BCUT2D eigenvalue weighted by molar-refractivity contribution is 6.74. The molecule has 1 rings (SSSR count). The summed E-state index contributed by atoms with van der Waals surface area (Å²) >= 11 is 0. The first-order valence-electron chi connectivity index (χ1n) is 7.24. The molecule has 1 amide bonds. The lowest BCUT2D eigenvalue weighted by Gasteiger charge is -2.36. The highest BCUT2D eigenvalue weighted by atomic mass is 28.4. The van der Waals surface area contributed by atoms with Crippen molar-refractivity contribution in [1.82, 2.24) is 15.3 Å². The second-order valence-electron chi connectivity index (χ2n) is 6.71. The molecule has 7 nitrogen and oxygen atoms in total. The van der Waals surface area contributed by atoms with Crippen molar-refractivity contribution in [3.05, 3.63) is 17.6 Å². The van der Waals surface area contributed by atoms with Gasteiger partial charge in [-0.05, 0) is 18.1 Å². The van der Waals surface area contributed by atoms with Crippen molar-refractivity contribution >= 4 is 20.2 Å². The minimum atomic E-state index is -1.77. The lowest BCUT2D eigenvalue weighted by molar-refractivity contribution is 0.194. The van der Waals surface area contributed by atoms with Crippen LogP contribution in [-0.4, -0.2) is 36.1 Å². The van der Waals surface area contributed by atoms with Gasteiger partial charge in [0.2, 0.25) is 0 Å². The number of carbonyl (C=O) groups is 1. The van der Waals surface area contributed by atoms with Crippen LogP contribution < -0.4 is 11.1 Å². The average molecular weight is 326 g/mol. The van der Waals surface area contributed by atoms with Crippen molar-refractivity contribution in [2.75, 3.05) is 12.3 Å². The number of amides is 1. The van der Waals surface area contributed by atoms with Gasteiger partial charge in [-0.2, -0.15) is 0 Å². The predicted octanol–water partition coefficient (Wildman–Crippen LogP) is 2.39. The topological polar surface area (TPSA) is 110 Å². The van der Waals surface area contributed by atoms with Gasteiger partial charge in [-0.25, -0.2) is 14.8 Å². The highest BCUT2D eigenvalue weighted by Crippen LogP contribution is 2.36. The van der Waals surface area contributed by atoms with Gasteiger partial charge < -0.3 is 20.6 Å². The molecule has 22 heavy (non-hydrogen) atoms. The molecule has 1 aromatic rings. The maximum Gasteiger partial charge on any atom is 0.404 e. The van der Waals surface area contributed by atoms with Gasteiger partial charge >= 0.3 is 6.09 Å². The molecular weight excluding hydrogens is 300 g/mol. The molecule has 124 valence electrons. The average Bonchev–Trinajstić information content (AvgIpc) is 2.36. The van der Waals surface area contributed by atoms with Crippen LogP contribution in [0, 0.1) is 0 Å². The standard InChI is InChI=1S/C14H26N4O3Si/c1-14(2,3)22(4,5)21-7-6-11-16-8-10(12(15)18-11)9-17-13(19)20/h8,17H,6-7,9H2,1-5H3,(H,19,20)(H2,15,16,18). The van der Waals surface area contributed by atoms with Gasteiger partial charge in [0.25, 0.3) is 0 Å². The number of aromatic nitrogens is 2. The van der Waals surface area contributed by atoms with Gasteiger partial charge in [0.15, 0.2) is 8.32 Å². The maximum atomic E-state index is 10.5. The summed E-state index contributed by atoms with van der Waals surface area (Å²) in [4.78, 5) is 18.9. The van der Waals surface area contributed by atoms with E-state index in [9.17, 15) is 4.79 Å². The Kier molecular flexibility index (Phi) is 5.90. The Morgan fingerprint density at radius 2 is 2.09 bits per heavy atom. The Bertz CT molecular complexity index is 529. The summed E-state index contributed by atoms with van der Waals surface area (Å²) in [6, 6.07) is 0. The molecule has 0 aliphatic rings. The fourth-order valence-corrected chi connectivity index (χ4v) is 2.55. The Labute approximate surface area is 132 Å². The fraction of sp³-hybridized carbons (Fsp3) is 0.643. The van der Waals surface area contributed by atoms with Crippen LogP contribution in [0.3, 0.4) is 0 Å². The number of hydrogen-bond donors (Lipinski definition) is 3. The first-order chi connectivity index (χ1) is 10.0. The van der Waals surface area contributed by atoms with Crippen molar-refractivity contribution in [3.8, 4) is 0 Å². The summed E-state index contributed by atoms with van der Waals surface area (Å²) in [5.41, 5.74) is 6.38. The summed E-state index contributed by atoms with van der Waals surface area (Å²) in [5, 5.41) is 11.0. The molecule has 0 spiro atoms. The molecule has 0 radical (unpaired) electrons. The Morgan fingerprint density at radius 1 is 1.45 bits per heavy atom. The zero-order valence-corrected chi connectivity index (χ0v) is 14.9. The quantitative estimate of drug-likeness (QED) is 0.692. The van der Waals surface area contributed by atoms with E-state index in [0.717, 1.165) is 0 Å². The normalized spacial score (nSPS) is 12.2. The number of nitrogens with two attached hydrogens (primary N) is 1. The lowest BCUT2D eigenvalue weighted by atomic mass is 10.2. The predicted molar refractivity (Wildman–Crippen MR) is 88.2 cm³/mol. The van der Waals surface area contributed by atoms with E-state index in [2.05, 4.69) is 49.1 Å². The van der Waals surface area contributed by atoms with Crippen LogP contribution in [0.4, 0.5) is 10.6 Å². The minimum Gasteiger partial charge on any atom is -0.465 e. The highest BCUT2D eigenvalue weighted by Gasteiger charge is 2.36. The van der Waals surface area contributed by atoms with E-state index in [0.29, 0.717) is 30.2 Å². The number of hydrogen-bond acceptors (Lipinski definition) is 5. The number of rotatable bonds is 6. The lowest BCUT2D eigenvalue weighted by Crippen LogP contribution is -2.41.